The molecular weight excluding hydrogens is 402 g/mol. The SMILES string of the molecule is COc1ccc2c3c(ccc2c1)OCN(c1nc(-c2ccc([N+](=O)[O-])cc2)cs1)C3. The number of fused-ring (bicyclic) bond motifs is 3. The van der Waals surface area contributed by atoms with Crippen LogP contribution in [0.3, 0.4) is 0 Å². The number of non-ortho nitro benzene ring substituents is 1. The molecule has 30 heavy (non-hydrogen) atoms. The van der Waals surface area contributed by atoms with Crippen molar-refractivity contribution in [2.45, 2.75) is 6.54 Å². The summed E-state index contributed by atoms with van der Waals surface area (Å²) in [6, 6.07) is 16.5. The molecule has 0 spiro atoms. The van der Waals surface area contributed by atoms with Crippen LogP contribution in [0.25, 0.3) is 22.0 Å². The van der Waals surface area contributed by atoms with Crippen molar-refractivity contribution in [1.29, 1.82) is 0 Å². The Morgan fingerprint density at radius 1 is 1.17 bits per heavy atom. The molecule has 1 aliphatic rings. The van der Waals surface area contributed by atoms with Crippen LogP contribution in [-0.4, -0.2) is 23.7 Å². The average Bonchev–Trinajstić information content (AvgIpc) is 3.28. The molecule has 0 amide bonds. The maximum absolute atomic E-state index is 10.9. The van der Waals surface area contributed by atoms with E-state index < -0.39 is 4.92 Å². The van der Waals surface area contributed by atoms with E-state index in [4.69, 9.17) is 14.5 Å². The van der Waals surface area contributed by atoms with Gasteiger partial charge in [-0.3, -0.25) is 10.1 Å². The van der Waals surface area contributed by atoms with Crippen molar-refractivity contribution in [1.82, 2.24) is 4.98 Å². The quantitative estimate of drug-likeness (QED) is 0.333. The van der Waals surface area contributed by atoms with Crippen LogP contribution in [-0.2, 0) is 6.54 Å². The molecular formula is C22H17N3O4S. The summed E-state index contributed by atoms with van der Waals surface area (Å²) in [6.07, 6.45) is 0. The first kappa shape index (κ1) is 18.4. The third kappa shape index (κ3) is 3.21. The van der Waals surface area contributed by atoms with Gasteiger partial charge in [-0.2, -0.15) is 0 Å². The number of hydrogen-bond acceptors (Lipinski definition) is 7. The highest BCUT2D eigenvalue weighted by Crippen LogP contribution is 2.37. The van der Waals surface area contributed by atoms with Crippen LogP contribution < -0.4 is 14.4 Å². The Kier molecular flexibility index (Phi) is 4.48. The van der Waals surface area contributed by atoms with E-state index in [2.05, 4.69) is 11.0 Å². The third-order valence-electron chi connectivity index (χ3n) is 5.16. The molecule has 150 valence electrons. The highest BCUT2D eigenvalue weighted by Gasteiger charge is 2.22. The number of anilines is 1. The molecule has 0 atom stereocenters. The summed E-state index contributed by atoms with van der Waals surface area (Å²) in [5, 5.41) is 15.9. The summed E-state index contributed by atoms with van der Waals surface area (Å²) in [4.78, 5) is 17.3. The summed E-state index contributed by atoms with van der Waals surface area (Å²) in [6.45, 7) is 1.11. The monoisotopic (exact) mass is 419 g/mol. The van der Waals surface area contributed by atoms with Crippen LogP contribution in [0.4, 0.5) is 10.8 Å². The summed E-state index contributed by atoms with van der Waals surface area (Å²) >= 11 is 1.53. The second-order valence-electron chi connectivity index (χ2n) is 6.92. The minimum atomic E-state index is -0.404. The molecule has 7 nitrogen and oxygen atoms in total. The summed E-state index contributed by atoms with van der Waals surface area (Å²) < 4.78 is 11.3. The van der Waals surface area contributed by atoms with Crippen molar-refractivity contribution in [3.63, 3.8) is 0 Å². The smallest absolute Gasteiger partial charge is 0.269 e. The summed E-state index contributed by atoms with van der Waals surface area (Å²) in [5.41, 5.74) is 2.82. The zero-order valence-electron chi connectivity index (χ0n) is 16.1. The fourth-order valence-electron chi connectivity index (χ4n) is 3.58. The van der Waals surface area contributed by atoms with Crippen molar-refractivity contribution < 1.29 is 14.4 Å². The number of hydrogen-bond donors (Lipinski definition) is 0. The number of aromatic nitrogens is 1. The average molecular weight is 419 g/mol. The van der Waals surface area contributed by atoms with Gasteiger partial charge in [-0.1, -0.05) is 12.1 Å². The summed E-state index contributed by atoms with van der Waals surface area (Å²) in [7, 11) is 1.66. The number of rotatable bonds is 4. The topological polar surface area (TPSA) is 77.7 Å². The van der Waals surface area contributed by atoms with Crippen molar-refractivity contribution in [3.05, 3.63) is 75.7 Å². The Hall–Kier alpha value is -3.65. The lowest BCUT2D eigenvalue weighted by Crippen LogP contribution is -2.31. The first-order valence-electron chi connectivity index (χ1n) is 9.30. The predicted molar refractivity (Wildman–Crippen MR) is 116 cm³/mol. The van der Waals surface area contributed by atoms with Gasteiger partial charge in [0.2, 0.25) is 0 Å². The largest absolute Gasteiger partial charge is 0.497 e. The van der Waals surface area contributed by atoms with Crippen LogP contribution in [0.1, 0.15) is 5.56 Å². The molecule has 1 aliphatic heterocycles. The predicted octanol–water partition coefficient (Wildman–Crippen LogP) is 5.24. The Balaban J connectivity index is 1.43. The van der Waals surface area contributed by atoms with Gasteiger partial charge in [-0.15, -0.1) is 11.3 Å². The van der Waals surface area contributed by atoms with Crippen LogP contribution in [0.2, 0.25) is 0 Å². The lowest BCUT2D eigenvalue weighted by Gasteiger charge is -2.29. The highest BCUT2D eigenvalue weighted by atomic mass is 32.1. The molecule has 0 radical (unpaired) electrons. The molecule has 0 saturated heterocycles. The maximum Gasteiger partial charge on any atom is 0.269 e. The third-order valence-corrected chi connectivity index (χ3v) is 6.06. The highest BCUT2D eigenvalue weighted by molar-refractivity contribution is 7.14. The summed E-state index contributed by atoms with van der Waals surface area (Å²) in [5.74, 6) is 1.71. The van der Waals surface area contributed by atoms with E-state index in [1.54, 1.807) is 19.2 Å². The Morgan fingerprint density at radius 2 is 2.00 bits per heavy atom. The Labute approximate surface area is 176 Å². The van der Waals surface area contributed by atoms with Crippen LogP contribution in [0.5, 0.6) is 11.5 Å². The van der Waals surface area contributed by atoms with Crippen LogP contribution >= 0.6 is 11.3 Å². The van der Waals surface area contributed by atoms with Gasteiger partial charge in [0.25, 0.3) is 5.69 Å². The first-order valence-corrected chi connectivity index (χ1v) is 10.2. The zero-order chi connectivity index (χ0) is 20.7. The molecule has 0 saturated carbocycles. The molecule has 8 heteroatoms. The van der Waals surface area contributed by atoms with Crippen LogP contribution in [0, 0.1) is 10.1 Å². The van der Waals surface area contributed by atoms with Gasteiger partial charge in [0, 0.05) is 28.6 Å². The number of benzene rings is 3. The van der Waals surface area contributed by atoms with E-state index in [9.17, 15) is 10.1 Å². The second-order valence-corrected chi connectivity index (χ2v) is 7.76. The molecule has 0 aliphatic carbocycles. The van der Waals surface area contributed by atoms with Gasteiger partial charge in [-0.05, 0) is 41.1 Å². The standard InChI is InChI=1S/C22H17N3O4S/c1-28-17-7-8-18-15(10-17)4-9-21-19(18)11-24(13-29-21)22-23-20(12-30-22)14-2-5-16(6-3-14)25(26)27/h2-10,12H,11,13H2,1H3. The minimum Gasteiger partial charge on any atom is -0.497 e. The van der Waals surface area contributed by atoms with Gasteiger partial charge in [-0.25, -0.2) is 4.98 Å². The maximum atomic E-state index is 10.9. The number of thiazole rings is 1. The fourth-order valence-corrected chi connectivity index (χ4v) is 4.40. The molecule has 0 bridgehead atoms. The molecule has 1 aromatic heterocycles. The molecule has 0 N–H and O–H groups in total. The Bertz CT molecular complexity index is 1250. The van der Waals surface area contributed by atoms with Gasteiger partial charge in [0.05, 0.1) is 24.3 Å². The van der Waals surface area contributed by atoms with Crippen molar-refractivity contribution in [2.75, 3.05) is 18.7 Å². The van der Waals surface area contributed by atoms with Gasteiger partial charge >= 0.3 is 0 Å². The van der Waals surface area contributed by atoms with E-state index in [-0.39, 0.29) is 5.69 Å². The number of nitro benzene ring substituents is 1. The number of methoxy groups -OCH3 is 1. The van der Waals surface area contributed by atoms with Crippen molar-refractivity contribution in [2.24, 2.45) is 0 Å². The van der Waals surface area contributed by atoms with E-state index in [0.717, 1.165) is 44.2 Å². The normalized spacial score (nSPS) is 13.0. The molecule has 0 fully saturated rings. The van der Waals surface area contributed by atoms with Crippen LogP contribution in [0.15, 0.2) is 60.0 Å². The van der Waals surface area contributed by atoms with Gasteiger partial charge in [0.15, 0.2) is 11.9 Å². The number of ether oxygens (including phenoxy) is 2. The second kappa shape index (κ2) is 7.31. The number of nitro groups is 1. The minimum absolute atomic E-state index is 0.0683. The lowest BCUT2D eigenvalue weighted by atomic mass is 10.0. The van der Waals surface area contributed by atoms with E-state index >= 15 is 0 Å². The van der Waals surface area contributed by atoms with E-state index in [1.165, 1.54) is 23.5 Å². The van der Waals surface area contributed by atoms with Crippen molar-refractivity contribution in [3.8, 4) is 22.8 Å². The van der Waals surface area contributed by atoms with Gasteiger partial charge < -0.3 is 14.4 Å². The van der Waals surface area contributed by atoms with E-state index in [1.807, 2.05) is 29.6 Å². The van der Waals surface area contributed by atoms with Gasteiger partial charge in [0.1, 0.15) is 11.5 Å². The lowest BCUT2D eigenvalue weighted by molar-refractivity contribution is -0.384. The first-order chi connectivity index (χ1) is 14.6. The van der Waals surface area contributed by atoms with E-state index in [0.29, 0.717) is 13.3 Å². The van der Waals surface area contributed by atoms with Crippen molar-refractivity contribution >= 4 is 32.9 Å². The molecule has 2 heterocycles. The number of nitrogens with zero attached hydrogens (tertiary/aromatic N) is 3. The Morgan fingerprint density at radius 3 is 2.77 bits per heavy atom. The zero-order valence-corrected chi connectivity index (χ0v) is 16.9. The fraction of sp³-hybridized carbons (Fsp3) is 0.136. The molecule has 3 aromatic carbocycles. The molecule has 4 aromatic rings. The molecule has 0 unspecified atom stereocenters. The molecule has 5 rings (SSSR count).